The number of nitrogens with zero attached hydrogens (tertiary/aromatic N) is 1. The van der Waals surface area contributed by atoms with Crippen molar-refractivity contribution in [2.24, 2.45) is 5.41 Å². The first-order chi connectivity index (χ1) is 8.74. The summed E-state index contributed by atoms with van der Waals surface area (Å²) in [6.07, 6.45) is 2.20. The Morgan fingerprint density at radius 3 is 2.05 bits per heavy atom. The first kappa shape index (κ1) is 16.0. The molecule has 1 aliphatic rings. The van der Waals surface area contributed by atoms with Crippen molar-refractivity contribution in [3.63, 3.8) is 0 Å². The summed E-state index contributed by atoms with van der Waals surface area (Å²) in [7, 11) is 0. The van der Waals surface area contributed by atoms with E-state index in [-0.39, 0.29) is 17.2 Å². The van der Waals surface area contributed by atoms with Gasteiger partial charge in [-0.05, 0) is 24.7 Å². The molecule has 0 aromatic rings. The Labute approximate surface area is 116 Å². The monoisotopic (exact) mass is 268 g/mol. The predicted molar refractivity (Wildman–Crippen MR) is 76.7 cm³/mol. The zero-order valence-electron chi connectivity index (χ0n) is 13.2. The van der Waals surface area contributed by atoms with Gasteiger partial charge in [-0.25, -0.2) is 0 Å². The third-order valence-corrected chi connectivity index (χ3v) is 4.21. The van der Waals surface area contributed by atoms with E-state index in [0.29, 0.717) is 19.4 Å². The molecule has 1 heterocycles. The first-order valence-electron chi connectivity index (χ1n) is 7.37. The molecule has 1 fully saturated rings. The van der Waals surface area contributed by atoms with Gasteiger partial charge >= 0.3 is 0 Å². The van der Waals surface area contributed by atoms with Gasteiger partial charge < -0.3 is 10.2 Å². The molecule has 1 unspecified atom stereocenters. The van der Waals surface area contributed by atoms with E-state index in [1.807, 2.05) is 46.4 Å². The fourth-order valence-corrected chi connectivity index (χ4v) is 2.90. The Hall–Kier alpha value is -1.06. The Morgan fingerprint density at radius 1 is 1.16 bits per heavy atom. The highest BCUT2D eigenvalue weighted by Gasteiger charge is 2.52. The second kappa shape index (κ2) is 5.51. The molecular weight excluding hydrogens is 240 g/mol. The van der Waals surface area contributed by atoms with E-state index >= 15 is 0 Å². The minimum absolute atomic E-state index is 0.00507. The van der Waals surface area contributed by atoms with Gasteiger partial charge in [0.1, 0.15) is 11.6 Å². The molecule has 110 valence electrons. The van der Waals surface area contributed by atoms with Crippen LogP contribution < -0.4 is 5.32 Å². The highest BCUT2D eigenvalue weighted by molar-refractivity contribution is 6.00. The Balaban J connectivity index is 3.21. The lowest BCUT2D eigenvalue weighted by atomic mass is 9.79. The summed E-state index contributed by atoms with van der Waals surface area (Å²) >= 11 is 0. The lowest BCUT2D eigenvalue weighted by Crippen LogP contribution is -2.72. The number of carbonyl (C=O) groups is 2. The molecule has 0 spiro atoms. The van der Waals surface area contributed by atoms with Crippen LogP contribution >= 0.6 is 0 Å². The van der Waals surface area contributed by atoms with Crippen molar-refractivity contribution in [3.8, 4) is 0 Å². The third-order valence-electron chi connectivity index (χ3n) is 4.21. The summed E-state index contributed by atoms with van der Waals surface area (Å²) in [5.41, 5.74) is -0.915. The van der Waals surface area contributed by atoms with Crippen molar-refractivity contribution in [2.45, 2.75) is 72.4 Å². The van der Waals surface area contributed by atoms with Crippen molar-refractivity contribution >= 4 is 11.8 Å². The van der Waals surface area contributed by atoms with Crippen LogP contribution in [0.1, 0.15) is 60.8 Å². The van der Waals surface area contributed by atoms with E-state index in [1.54, 1.807) is 0 Å². The molecule has 0 aromatic heterocycles. The molecule has 1 N–H and O–H groups in total. The topological polar surface area (TPSA) is 49.4 Å². The molecule has 0 aromatic carbocycles. The van der Waals surface area contributed by atoms with Crippen molar-refractivity contribution < 1.29 is 9.59 Å². The fourth-order valence-electron chi connectivity index (χ4n) is 2.90. The molecule has 2 amide bonds. The predicted octanol–water partition coefficient (Wildman–Crippen LogP) is 2.33. The van der Waals surface area contributed by atoms with Gasteiger partial charge in [0.2, 0.25) is 11.8 Å². The normalized spacial score (nSPS) is 23.5. The van der Waals surface area contributed by atoms with Crippen molar-refractivity contribution in [2.75, 3.05) is 6.54 Å². The van der Waals surface area contributed by atoms with Crippen molar-refractivity contribution in [3.05, 3.63) is 0 Å². The quantitative estimate of drug-likeness (QED) is 0.850. The minimum atomic E-state index is -0.658. The summed E-state index contributed by atoms with van der Waals surface area (Å²) < 4.78 is 0. The van der Waals surface area contributed by atoms with Gasteiger partial charge in [-0.3, -0.25) is 9.59 Å². The Bertz CT molecular complexity index is 354. The fraction of sp³-hybridized carbons (Fsp3) is 0.867. The molecule has 0 radical (unpaired) electrons. The van der Waals surface area contributed by atoms with Gasteiger partial charge in [0.25, 0.3) is 0 Å². The molecule has 0 bridgehead atoms. The van der Waals surface area contributed by atoms with Gasteiger partial charge in [-0.15, -0.1) is 0 Å². The molecular formula is C15H28N2O2. The maximum Gasteiger partial charge on any atom is 0.246 e. The molecule has 1 rings (SSSR count). The number of carbonyl (C=O) groups excluding carboxylic acids is 2. The van der Waals surface area contributed by atoms with Crippen LogP contribution in [-0.2, 0) is 9.59 Å². The summed E-state index contributed by atoms with van der Waals surface area (Å²) in [6, 6.07) is -0.419. The Kier molecular flexibility index (Phi) is 4.64. The lowest BCUT2D eigenvalue weighted by Gasteiger charge is -2.50. The summed E-state index contributed by atoms with van der Waals surface area (Å²) in [4.78, 5) is 27.1. The van der Waals surface area contributed by atoms with Crippen molar-refractivity contribution in [1.82, 2.24) is 10.2 Å². The van der Waals surface area contributed by atoms with E-state index in [9.17, 15) is 9.59 Å². The van der Waals surface area contributed by atoms with Gasteiger partial charge in [0.05, 0.1) is 0 Å². The third kappa shape index (κ3) is 2.63. The lowest BCUT2D eigenvalue weighted by molar-refractivity contribution is -0.161. The summed E-state index contributed by atoms with van der Waals surface area (Å²) in [5.74, 6) is 0.0723. The zero-order chi connectivity index (χ0) is 14.8. The number of hydrogen-bond acceptors (Lipinski definition) is 2. The molecule has 1 aliphatic heterocycles. The standard InChI is InChI=1S/C15H28N2O2/c1-7-10-17-12(18)11(14(4,5)6)16-13(19)15(17,8-2)9-3/h11H,7-10H2,1-6H3,(H,16,19). The summed E-state index contributed by atoms with van der Waals surface area (Å²) in [6.45, 7) is 12.6. The van der Waals surface area contributed by atoms with Gasteiger partial charge in [0, 0.05) is 6.54 Å². The molecule has 4 nitrogen and oxygen atoms in total. The highest BCUT2D eigenvalue weighted by atomic mass is 16.2. The van der Waals surface area contributed by atoms with Gasteiger partial charge in [0.15, 0.2) is 0 Å². The first-order valence-corrected chi connectivity index (χ1v) is 7.37. The maximum atomic E-state index is 12.8. The van der Waals surface area contributed by atoms with E-state index < -0.39 is 11.6 Å². The van der Waals surface area contributed by atoms with Crippen molar-refractivity contribution in [1.29, 1.82) is 0 Å². The summed E-state index contributed by atoms with van der Waals surface area (Å²) in [5, 5.41) is 2.96. The molecule has 4 heteroatoms. The van der Waals surface area contributed by atoms with Crippen LogP contribution in [0.3, 0.4) is 0 Å². The van der Waals surface area contributed by atoms with Crippen LogP contribution in [0.15, 0.2) is 0 Å². The van der Waals surface area contributed by atoms with E-state index in [1.165, 1.54) is 0 Å². The van der Waals surface area contributed by atoms with Crippen LogP contribution in [-0.4, -0.2) is 34.8 Å². The SMILES string of the molecule is CCCN1C(=O)C(C(C)(C)C)NC(=O)C1(CC)CC. The number of rotatable bonds is 4. The second-order valence-corrected chi connectivity index (χ2v) is 6.50. The largest absolute Gasteiger partial charge is 0.342 e. The van der Waals surface area contributed by atoms with E-state index in [4.69, 9.17) is 0 Å². The van der Waals surface area contributed by atoms with Crippen LogP contribution in [0, 0.1) is 5.41 Å². The number of hydrogen-bond donors (Lipinski definition) is 1. The average Bonchev–Trinajstić information content (AvgIpc) is 2.33. The average molecular weight is 268 g/mol. The second-order valence-electron chi connectivity index (χ2n) is 6.50. The number of piperazine rings is 1. The smallest absolute Gasteiger partial charge is 0.246 e. The zero-order valence-corrected chi connectivity index (χ0v) is 13.2. The Morgan fingerprint density at radius 2 is 1.68 bits per heavy atom. The van der Waals surface area contributed by atoms with E-state index in [0.717, 1.165) is 6.42 Å². The van der Waals surface area contributed by atoms with Gasteiger partial charge in [-0.2, -0.15) is 0 Å². The number of nitrogens with one attached hydrogen (secondary N) is 1. The maximum absolute atomic E-state index is 12.8. The van der Waals surface area contributed by atoms with Crippen LogP contribution in [0.2, 0.25) is 0 Å². The molecule has 0 saturated carbocycles. The van der Waals surface area contributed by atoms with Crippen LogP contribution in [0.5, 0.6) is 0 Å². The minimum Gasteiger partial charge on any atom is -0.342 e. The van der Waals surface area contributed by atoms with Crippen LogP contribution in [0.25, 0.3) is 0 Å². The van der Waals surface area contributed by atoms with Gasteiger partial charge in [-0.1, -0.05) is 41.5 Å². The number of amides is 2. The van der Waals surface area contributed by atoms with Crippen LogP contribution in [0.4, 0.5) is 0 Å². The highest BCUT2D eigenvalue weighted by Crippen LogP contribution is 2.33. The molecule has 1 atom stereocenters. The molecule has 1 saturated heterocycles. The van der Waals surface area contributed by atoms with E-state index in [2.05, 4.69) is 5.32 Å². The molecule has 19 heavy (non-hydrogen) atoms. The molecule has 0 aliphatic carbocycles.